The van der Waals surface area contributed by atoms with Gasteiger partial charge in [0, 0.05) is 3.57 Å². The van der Waals surface area contributed by atoms with E-state index >= 15 is 0 Å². The predicted octanol–water partition coefficient (Wildman–Crippen LogP) is 3.62. The molecule has 2 rings (SSSR count). The summed E-state index contributed by atoms with van der Waals surface area (Å²) in [7, 11) is 0. The summed E-state index contributed by atoms with van der Waals surface area (Å²) in [5, 5.41) is 8.77. The molecule has 0 radical (unpaired) electrons. The molecule has 0 fully saturated rings. The fraction of sp³-hybridized carbons (Fsp3) is 0.133. The Hall–Kier alpha value is -1.74. The van der Waals surface area contributed by atoms with E-state index in [2.05, 4.69) is 28.7 Å². The van der Waals surface area contributed by atoms with Gasteiger partial charge in [0.25, 0.3) is 0 Å². The van der Waals surface area contributed by atoms with Crippen LogP contribution in [0, 0.1) is 14.9 Å². The first-order valence-electron chi connectivity index (χ1n) is 5.79. The second-order valence-corrected chi connectivity index (χ2v) is 5.04. The van der Waals surface area contributed by atoms with Gasteiger partial charge in [-0.3, -0.25) is 0 Å². The first-order chi connectivity index (χ1) is 9.28. The standard InChI is InChI=1S/C15H12INO2/c16-13-4-6-14(7-5-13)18-8-9-19-15-3-1-2-12(10-15)11-17/h1-7,10H,8-9H2. The Labute approximate surface area is 125 Å². The third-order valence-electron chi connectivity index (χ3n) is 2.40. The van der Waals surface area contributed by atoms with Gasteiger partial charge in [-0.1, -0.05) is 6.07 Å². The molecule has 0 atom stereocenters. The fourth-order valence-electron chi connectivity index (χ4n) is 1.51. The second kappa shape index (κ2) is 7.00. The van der Waals surface area contributed by atoms with Crippen LogP contribution in [0.25, 0.3) is 0 Å². The van der Waals surface area contributed by atoms with Crippen molar-refractivity contribution in [3.8, 4) is 17.6 Å². The van der Waals surface area contributed by atoms with Gasteiger partial charge in [-0.05, 0) is 65.1 Å². The van der Waals surface area contributed by atoms with Gasteiger partial charge < -0.3 is 9.47 Å². The first kappa shape index (κ1) is 13.7. The van der Waals surface area contributed by atoms with E-state index in [1.807, 2.05) is 30.3 Å². The van der Waals surface area contributed by atoms with Crippen LogP contribution in [-0.2, 0) is 0 Å². The van der Waals surface area contributed by atoms with Crippen LogP contribution in [0.5, 0.6) is 11.5 Å². The van der Waals surface area contributed by atoms with E-state index in [9.17, 15) is 0 Å². The lowest BCUT2D eigenvalue weighted by Crippen LogP contribution is -2.08. The molecule has 0 aliphatic rings. The van der Waals surface area contributed by atoms with Gasteiger partial charge in [-0.15, -0.1) is 0 Å². The Kier molecular flexibility index (Phi) is 5.04. The van der Waals surface area contributed by atoms with Crippen LogP contribution in [0.3, 0.4) is 0 Å². The molecule has 0 aromatic heterocycles. The molecule has 0 amide bonds. The van der Waals surface area contributed by atoms with Crippen molar-refractivity contribution in [1.82, 2.24) is 0 Å². The van der Waals surface area contributed by atoms with Gasteiger partial charge in [-0.25, -0.2) is 0 Å². The molecule has 3 nitrogen and oxygen atoms in total. The van der Waals surface area contributed by atoms with Gasteiger partial charge in [0.15, 0.2) is 0 Å². The maximum Gasteiger partial charge on any atom is 0.122 e. The third-order valence-corrected chi connectivity index (χ3v) is 3.12. The van der Waals surface area contributed by atoms with Gasteiger partial charge in [-0.2, -0.15) is 5.26 Å². The van der Waals surface area contributed by atoms with Crippen LogP contribution in [0.1, 0.15) is 5.56 Å². The Bertz CT molecular complexity index is 575. The van der Waals surface area contributed by atoms with E-state index in [4.69, 9.17) is 14.7 Å². The van der Waals surface area contributed by atoms with Crippen molar-refractivity contribution in [3.05, 3.63) is 57.7 Å². The molecular formula is C15H12INO2. The van der Waals surface area contributed by atoms with Crippen molar-refractivity contribution in [2.75, 3.05) is 13.2 Å². The molecule has 0 saturated heterocycles. The molecular weight excluding hydrogens is 353 g/mol. The topological polar surface area (TPSA) is 42.2 Å². The Morgan fingerprint density at radius 3 is 2.32 bits per heavy atom. The molecule has 2 aromatic rings. The van der Waals surface area contributed by atoms with Crippen LogP contribution in [0.15, 0.2) is 48.5 Å². The number of rotatable bonds is 5. The zero-order chi connectivity index (χ0) is 13.5. The van der Waals surface area contributed by atoms with Crippen molar-refractivity contribution in [2.24, 2.45) is 0 Å². The van der Waals surface area contributed by atoms with E-state index < -0.39 is 0 Å². The lowest BCUT2D eigenvalue weighted by Gasteiger charge is -2.08. The number of hydrogen-bond acceptors (Lipinski definition) is 3. The molecule has 0 aliphatic heterocycles. The monoisotopic (exact) mass is 365 g/mol. The third kappa shape index (κ3) is 4.45. The van der Waals surface area contributed by atoms with E-state index in [1.54, 1.807) is 18.2 Å². The quantitative estimate of drug-likeness (QED) is 0.601. The number of hydrogen-bond donors (Lipinski definition) is 0. The largest absolute Gasteiger partial charge is 0.490 e. The number of benzene rings is 2. The van der Waals surface area contributed by atoms with Crippen molar-refractivity contribution in [1.29, 1.82) is 5.26 Å². The molecule has 0 N–H and O–H groups in total. The molecule has 0 bridgehead atoms. The van der Waals surface area contributed by atoms with E-state index in [-0.39, 0.29) is 0 Å². The van der Waals surface area contributed by atoms with Crippen LogP contribution < -0.4 is 9.47 Å². The number of nitrogens with zero attached hydrogens (tertiary/aromatic N) is 1. The Balaban J connectivity index is 1.77. The predicted molar refractivity (Wildman–Crippen MR) is 81.3 cm³/mol. The fourth-order valence-corrected chi connectivity index (χ4v) is 1.86. The zero-order valence-corrected chi connectivity index (χ0v) is 12.3. The van der Waals surface area contributed by atoms with Crippen molar-refractivity contribution >= 4 is 22.6 Å². The lowest BCUT2D eigenvalue weighted by atomic mass is 10.2. The molecule has 19 heavy (non-hydrogen) atoms. The van der Waals surface area contributed by atoms with Crippen molar-refractivity contribution in [3.63, 3.8) is 0 Å². The highest BCUT2D eigenvalue weighted by molar-refractivity contribution is 14.1. The summed E-state index contributed by atoms with van der Waals surface area (Å²) in [6, 6.07) is 17.0. The van der Waals surface area contributed by atoms with E-state index in [0.717, 1.165) is 5.75 Å². The number of nitriles is 1. The van der Waals surface area contributed by atoms with Gasteiger partial charge in [0.2, 0.25) is 0 Å². The van der Waals surface area contributed by atoms with Crippen molar-refractivity contribution in [2.45, 2.75) is 0 Å². The highest BCUT2D eigenvalue weighted by atomic mass is 127. The molecule has 0 saturated carbocycles. The smallest absolute Gasteiger partial charge is 0.122 e. The van der Waals surface area contributed by atoms with E-state index in [1.165, 1.54) is 3.57 Å². The van der Waals surface area contributed by atoms with Crippen molar-refractivity contribution < 1.29 is 9.47 Å². The van der Waals surface area contributed by atoms with Crippen LogP contribution in [-0.4, -0.2) is 13.2 Å². The summed E-state index contributed by atoms with van der Waals surface area (Å²) >= 11 is 2.25. The maximum absolute atomic E-state index is 8.77. The molecule has 96 valence electrons. The first-order valence-corrected chi connectivity index (χ1v) is 6.87. The minimum absolute atomic E-state index is 0.445. The maximum atomic E-state index is 8.77. The SMILES string of the molecule is N#Cc1cccc(OCCOc2ccc(I)cc2)c1. The summed E-state index contributed by atoms with van der Waals surface area (Å²) in [4.78, 5) is 0. The normalized spacial score (nSPS) is 9.68. The zero-order valence-electron chi connectivity index (χ0n) is 10.2. The molecule has 4 heteroatoms. The van der Waals surface area contributed by atoms with Gasteiger partial charge in [0.05, 0.1) is 11.6 Å². The minimum Gasteiger partial charge on any atom is -0.490 e. The summed E-state index contributed by atoms with van der Waals surface area (Å²) in [6.07, 6.45) is 0. The Morgan fingerprint density at radius 2 is 1.63 bits per heavy atom. The summed E-state index contributed by atoms with van der Waals surface area (Å²) in [6.45, 7) is 0.915. The van der Waals surface area contributed by atoms with Crippen LogP contribution >= 0.6 is 22.6 Å². The minimum atomic E-state index is 0.445. The molecule has 0 heterocycles. The average molecular weight is 365 g/mol. The molecule has 0 spiro atoms. The summed E-state index contributed by atoms with van der Waals surface area (Å²) < 4.78 is 12.2. The van der Waals surface area contributed by atoms with Gasteiger partial charge >= 0.3 is 0 Å². The lowest BCUT2D eigenvalue weighted by molar-refractivity contribution is 0.217. The highest BCUT2D eigenvalue weighted by Crippen LogP contribution is 2.14. The number of ether oxygens (including phenoxy) is 2. The van der Waals surface area contributed by atoms with E-state index in [0.29, 0.717) is 24.5 Å². The van der Waals surface area contributed by atoms with Gasteiger partial charge in [0.1, 0.15) is 24.7 Å². The van der Waals surface area contributed by atoms with Crippen LogP contribution in [0.2, 0.25) is 0 Å². The summed E-state index contributed by atoms with van der Waals surface area (Å²) in [5.74, 6) is 1.51. The molecule has 0 aliphatic carbocycles. The summed E-state index contributed by atoms with van der Waals surface area (Å²) in [5.41, 5.74) is 0.594. The van der Waals surface area contributed by atoms with Crippen LogP contribution in [0.4, 0.5) is 0 Å². The number of halogens is 1. The molecule has 2 aromatic carbocycles. The molecule has 0 unspecified atom stereocenters. The second-order valence-electron chi connectivity index (χ2n) is 3.79. The average Bonchev–Trinajstić information content (AvgIpc) is 2.46. The Morgan fingerprint density at radius 1 is 0.947 bits per heavy atom. The highest BCUT2D eigenvalue weighted by Gasteiger charge is 1.97.